The lowest BCUT2D eigenvalue weighted by Crippen LogP contribution is -1.99. The van der Waals surface area contributed by atoms with Crippen molar-refractivity contribution >= 4 is 43.6 Å². The summed E-state index contributed by atoms with van der Waals surface area (Å²) in [7, 11) is 1.66. The van der Waals surface area contributed by atoms with Crippen LogP contribution in [0.25, 0.3) is 6.08 Å². The van der Waals surface area contributed by atoms with E-state index in [0.717, 1.165) is 26.9 Å². The van der Waals surface area contributed by atoms with Crippen LogP contribution in [0.15, 0.2) is 57.5 Å². The van der Waals surface area contributed by atoms with Crippen LogP contribution in [-0.4, -0.2) is 13.7 Å². The first-order valence-electron chi connectivity index (χ1n) is 6.19. The molecule has 104 valence electrons. The molecule has 2 aromatic rings. The van der Waals surface area contributed by atoms with Crippen LogP contribution in [-0.2, 0) is 0 Å². The van der Waals surface area contributed by atoms with Gasteiger partial charge in [-0.3, -0.25) is 0 Å². The van der Waals surface area contributed by atoms with Crippen molar-refractivity contribution in [2.45, 2.75) is 0 Å². The van der Waals surface area contributed by atoms with Crippen LogP contribution >= 0.6 is 31.9 Å². The Hall–Kier alpha value is -1.26. The van der Waals surface area contributed by atoms with Crippen molar-refractivity contribution in [3.05, 3.63) is 63.0 Å². The van der Waals surface area contributed by atoms with Crippen molar-refractivity contribution in [3.63, 3.8) is 0 Å². The van der Waals surface area contributed by atoms with Crippen LogP contribution in [0.5, 0.6) is 5.75 Å². The van der Waals surface area contributed by atoms with Crippen molar-refractivity contribution in [2.24, 2.45) is 0 Å². The third-order valence-electron chi connectivity index (χ3n) is 2.76. The molecule has 0 saturated heterocycles. The minimum absolute atomic E-state index is 0.748. The second-order valence-corrected chi connectivity index (χ2v) is 5.87. The Bertz CT molecular complexity index is 597. The standard InChI is InChI=1S/C16H15Br2NO/c1-20-16-11-15(13(17)10-14(16)18)19-9-5-8-12-6-3-2-4-7-12/h2-8,10-11,19H,9H2,1H3/b8-5+. The number of hydrogen-bond acceptors (Lipinski definition) is 2. The van der Waals surface area contributed by atoms with Gasteiger partial charge in [-0.05, 0) is 43.5 Å². The Morgan fingerprint density at radius 3 is 2.55 bits per heavy atom. The van der Waals surface area contributed by atoms with Gasteiger partial charge in [-0.15, -0.1) is 0 Å². The van der Waals surface area contributed by atoms with Crippen LogP contribution < -0.4 is 10.1 Å². The number of hydrogen-bond donors (Lipinski definition) is 1. The summed E-state index contributed by atoms with van der Waals surface area (Å²) >= 11 is 6.99. The van der Waals surface area contributed by atoms with Crippen molar-refractivity contribution in [1.29, 1.82) is 0 Å². The Kier molecular flexibility index (Phi) is 5.68. The maximum atomic E-state index is 5.29. The van der Waals surface area contributed by atoms with E-state index in [4.69, 9.17) is 4.74 Å². The quantitative estimate of drug-likeness (QED) is 0.735. The molecule has 2 nitrogen and oxygen atoms in total. The highest BCUT2D eigenvalue weighted by molar-refractivity contribution is 9.11. The number of rotatable bonds is 5. The second kappa shape index (κ2) is 7.50. The number of anilines is 1. The zero-order chi connectivity index (χ0) is 14.4. The SMILES string of the molecule is COc1cc(NC/C=C/c2ccccc2)c(Br)cc1Br. The van der Waals surface area contributed by atoms with Crippen molar-refractivity contribution in [3.8, 4) is 5.75 Å². The molecular formula is C16H15Br2NO. The molecule has 0 amide bonds. The molecule has 0 aliphatic carbocycles. The van der Waals surface area contributed by atoms with E-state index in [1.807, 2.05) is 30.3 Å². The van der Waals surface area contributed by atoms with Gasteiger partial charge >= 0.3 is 0 Å². The molecule has 0 unspecified atom stereocenters. The fourth-order valence-corrected chi connectivity index (χ4v) is 3.05. The zero-order valence-electron chi connectivity index (χ0n) is 11.1. The third-order valence-corrected chi connectivity index (χ3v) is 4.04. The number of nitrogens with one attached hydrogen (secondary N) is 1. The molecule has 0 radical (unpaired) electrons. The van der Waals surface area contributed by atoms with Crippen molar-refractivity contribution in [1.82, 2.24) is 0 Å². The largest absolute Gasteiger partial charge is 0.495 e. The first-order chi connectivity index (χ1) is 9.70. The highest BCUT2D eigenvalue weighted by Gasteiger charge is 2.05. The maximum Gasteiger partial charge on any atom is 0.135 e. The topological polar surface area (TPSA) is 21.3 Å². The number of ether oxygens (including phenoxy) is 1. The number of halogens is 2. The van der Waals surface area contributed by atoms with E-state index < -0.39 is 0 Å². The summed E-state index contributed by atoms with van der Waals surface area (Å²) in [6.07, 6.45) is 4.19. The molecule has 0 bridgehead atoms. The molecule has 2 aromatic carbocycles. The number of benzene rings is 2. The monoisotopic (exact) mass is 395 g/mol. The van der Waals surface area contributed by atoms with E-state index in [9.17, 15) is 0 Å². The Morgan fingerprint density at radius 2 is 1.85 bits per heavy atom. The summed E-state index contributed by atoms with van der Waals surface area (Å²) in [5.74, 6) is 0.808. The highest BCUT2D eigenvalue weighted by Crippen LogP contribution is 2.34. The molecular weight excluding hydrogens is 382 g/mol. The van der Waals surface area contributed by atoms with E-state index in [0.29, 0.717) is 0 Å². The number of methoxy groups -OCH3 is 1. The summed E-state index contributed by atoms with van der Waals surface area (Å²) in [5.41, 5.74) is 2.20. The van der Waals surface area contributed by atoms with Crippen LogP contribution in [0, 0.1) is 0 Å². The van der Waals surface area contributed by atoms with Gasteiger partial charge in [0.25, 0.3) is 0 Å². The van der Waals surface area contributed by atoms with Gasteiger partial charge < -0.3 is 10.1 Å². The molecule has 0 saturated carbocycles. The third kappa shape index (κ3) is 4.12. The van der Waals surface area contributed by atoms with Gasteiger partial charge in [-0.25, -0.2) is 0 Å². The minimum Gasteiger partial charge on any atom is -0.495 e. The summed E-state index contributed by atoms with van der Waals surface area (Å²) in [4.78, 5) is 0. The first-order valence-corrected chi connectivity index (χ1v) is 7.78. The van der Waals surface area contributed by atoms with Crippen molar-refractivity contribution < 1.29 is 4.74 Å². The molecule has 0 atom stereocenters. The fourth-order valence-electron chi connectivity index (χ4n) is 1.75. The van der Waals surface area contributed by atoms with E-state index in [1.165, 1.54) is 5.56 Å². The van der Waals surface area contributed by atoms with E-state index in [2.05, 4.69) is 61.5 Å². The molecule has 0 aromatic heterocycles. The van der Waals surface area contributed by atoms with Gasteiger partial charge in [0.05, 0.1) is 17.3 Å². The van der Waals surface area contributed by atoms with Gasteiger partial charge in [-0.2, -0.15) is 0 Å². The summed E-state index contributed by atoms with van der Waals surface area (Å²) in [6.45, 7) is 0.748. The van der Waals surface area contributed by atoms with E-state index in [1.54, 1.807) is 7.11 Å². The van der Waals surface area contributed by atoms with Gasteiger partial charge in [0.1, 0.15) is 5.75 Å². The lowest BCUT2D eigenvalue weighted by Gasteiger charge is -2.10. The lowest BCUT2D eigenvalue weighted by molar-refractivity contribution is 0.412. The molecule has 0 fully saturated rings. The molecule has 2 rings (SSSR count). The Labute approximate surface area is 136 Å². The van der Waals surface area contributed by atoms with Gasteiger partial charge in [0.2, 0.25) is 0 Å². The normalized spacial score (nSPS) is 10.8. The molecule has 0 aliphatic rings. The fraction of sp³-hybridized carbons (Fsp3) is 0.125. The molecule has 0 aliphatic heterocycles. The summed E-state index contributed by atoms with van der Waals surface area (Å²) < 4.78 is 7.22. The predicted octanol–water partition coefficient (Wildman–Crippen LogP) is 5.35. The van der Waals surface area contributed by atoms with Gasteiger partial charge in [0.15, 0.2) is 0 Å². The molecule has 4 heteroatoms. The Balaban J connectivity index is 1.99. The average Bonchev–Trinajstić information content (AvgIpc) is 2.46. The van der Waals surface area contributed by atoms with Gasteiger partial charge in [-0.1, -0.05) is 42.5 Å². The molecule has 20 heavy (non-hydrogen) atoms. The Morgan fingerprint density at radius 1 is 1.10 bits per heavy atom. The van der Waals surface area contributed by atoms with Crippen LogP contribution in [0.2, 0.25) is 0 Å². The highest BCUT2D eigenvalue weighted by atomic mass is 79.9. The predicted molar refractivity (Wildman–Crippen MR) is 92.4 cm³/mol. The van der Waals surface area contributed by atoms with Crippen molar-refractivity contribution in [2.75, 3.05) is 19.0 Å². The second-order valence-electron chi connectivity index (χ2n) is 4.16. The van der Waals surface area contributed by atoms with Crippen LogP contribution in [0.1, 0.15) is 5.56 Å². The molecule has 0 heterocycles. The average molecular weight is 397 g/mol. The van der Waals surface area contributed by atoms with Crippen LogP contribution in [0.3, 0.4) is 0 Å². The smallest absolute Gasteiger partial charge is 0.135 e. The zero-order valence-corrected chi connectivity index (χ0v) is 14.2. The molecule has 0 spiro atoms. The summed E-state index contributed by atoms with van der Waals surface area (Å²) in [5, 5.41) is 3.35. The van der Waals surface area contributed by atoms with E-state index >= 15 is 0 Å². The first kappa shape index (κ1) is 15.1. The molecule has 1 N–H and O–H groups in total. The van der Waals surface area contributed by atoms with Gasteiger partial charge in [0, 0.05) is 17.1 Å². The summed E-state index contributed by atoms with van der Waals surface area (Å²) in [6, 6.07) is 14.2. The lowest BCUT2D eigenvalue weighted by atomic mass is 10.2. The maximum absolute atomic E-state index is 5.29. The minimum atomic E-state index is 0.748. The van der Waals surface area contributed by atoms with Crippen LogP contribution in [0.4, 0.5) is 5.69 Å². The van der Waals surface area contributed by atoms with E-state index in [-0.39, 0.29) is 0 Å².